The van der Waals surface area contributed by atoms with E-state index in [-0.39, 0.29) is 5.91 Å². The summed E-state index contributed by atoms with van der Waals surface area (Å²) in [7, 11) is 3.99. The Bertz CT molecular complexity index is 883. The Morgan fingerprint density at radius 2 is 1.71 bits per heavy atom. The standard InChI is InChI=1S/C22H28N4OS/c1-5-25(6-2)15-16-26(22-23-19-9-7-8-10-20(19)28-22)21(27)17-11-13-18(14-12-17)24(3)4/h7-14H,5-6,15-16H2,1-4H3/p+1. The number of likely N-dealkylation sites (N-methyl/N-ethyl adjacent to an activating group) is 1. The minimum Gasteiger partial charge on any atom is -0.378 e. The van der Waals surface area contributed by atoms with Gasteiger partial charge in [0, 0.05) is 25.3 Å². The summed E-state index contributed by atoms with van der Waals surface area (Å²) in [6.45, 7) is 8.03. The van der Waals surface area contributed by atoms with Crippen molar-refractivity contribution >= 4 is 38.3 Å². The maximum atomic E-state index is 13.4. The number of thiazole rings is 1. The highest BCUT2D eigenvalue weighted by molar-refractivity contribution is 7.22. The maximum absolute atomic E-state index is 13.4. The molecule has 0 radical (unpaired) electrons. The molecule has 1 heterocycles. The Hall–Kier alpha value is -2.44. The van der Waals surface area contributed by atoms with Crippen LogP contribution in [0.1, 0.15) is 24.2 Å². The summed E-state index contributed by atoms with van der Waals surface area (Å²) in [4.78, 5) is 23.5. The van der Waals surface area contributed by atoms with Crippen molar-refractivity contribution in [2.24, 2.45) is 0 Å². The SMILES string of the molecule is CC[NH+](CC)CCN(C(=O)c1ccc(N(C)C)cc1)c1nc2ccccc2s1. The molecule has 1 aromatic heterocycles. The molecule has 0 saturated carbocycles. The highest BCUT2D eigenvalue weighted by atomic mass is 32.1. The Kier molecular flexibility index (Phi) is 6.65. The van der Waals surface area contributed by atoms with Gasteiger partial charge in [0.1, 0.15) is 0 Å². The molecule has 1 amide bonds. The van der Waals surface area contributed by atoms with E-state index in [1.54, 1.807) is 11.3 Å². The molecule has 0 atom stereocenters. The minimum atomic E-state index is 0.0101. The first-order valence-corrected chi connectivity index (χ1v) is 10.6. The number of carbonyl (C=O) groups excluding carboxylic acids is 1. The summed E-state index contributed by atoms with van der Waals surface area (Å²) in [6, 6.07) is 15.8. The number of hydrogen-bond donors (Lipinski definition) is 1. The Balaban J connectivity index is 1.91. The normalized spacial score (nSPS) is 11.2. The lowest BCUT2D eigenvalue weighted by Gasteiger charge is -2.23. The van der Waals surface area contributed by atoms with Gasteiger partial charge in [-0.15, -0.1) is 0 Å². The zero-order chi connectivity index (χ0) is 20.1. The third-order valence-corrected chi connectivity index (χ3v) is 6.14. The molecule has 0 unspecified atom stereocenters. The molecule has 148 valence electrons. The summed E-state index contributed by atoms with van der Waals surface area (Å²) >= 11 is 1.58. The predicted octanol–water partition coefficient (Wildman–Crippen LogP) is 2.93. The highest BCUT2D eigenvalue weighted by Gasteiger charge is 2.22. The quantitative estimate of drug-likeness (QED) is 0.635. The summed E-state index contributed by atoms with van der Waals surface area (Å²) in [6.07, 6.45) is 0. The van der Waals surface area contributed by atoms with Crippen LogP contribution in [-0.2, 0) is 0 Å². The summed E-state index contributed by atoms with van der Waals surface area (Å²) < 4.78 is 1.11. The number of amides is 1. The second kappa shape index (κ2) is 9.17. The van der Waals surface area contributed by atoms with E-state index < -0.39 is 0 Å². The van der Waals surface area contributed by atoms with Crippen LogP contribution in [0.25, 0.3) is 10.2 Å². The van der Waals surface area contributed by atoms with Gasteiger partial charge in [0.2, 0.25) is 0 Å². The molecule has 0 aliphatic rings. The molecule has 0 aliphatic heterocycles. The number of aromatic nitrogens is 1. The number of rotatable bonds is 8. The van der Waals surface area contributed by atoms with Crippen LogP contribution < -0.4 is 14.7 Å². The van der Waals surface area contributed by atoms with Gasteiger partial charge in [-0.05, 0) is 50.2 Å². The van der Waals surface area contributed by atoms with Gasteiger partial charge in [-0.1, -0.05) is 23.5 Å². The van der Waals surface area contributed by atoms with Crippen molar-refractivity contribution in [3.8, 4) is 0 Å². The van der Waals surface area contributed by atoms with Crippen LogP contribution in [0, 0.1) is 0 Å². The monoisotopic (exact) mass is 397 g/mol. The third-order valence-electron chi connectivity index (χ3n) is 5.08. The average Bonchev–Trinajstić information content (AvgIpc) is 3.14. The molecule has 6 heteroatoms. The lowest BCUT2D eigenvalue weighted by Crippen LogP contribution is -3.12. The van der Waals surface area contributed by atoms with E-state index in [4.69, 9.17) is 4.98 Å². The molecule has 0 fully saturated rings. The van der Waals surface area contributed by atoms with E-state index in [2.05, 4.69) is 19.9 Å². The number of benzene rings is 2. The van der Waals surface area contributed by atoms with Crippen LogP contribution in [0.5, 0.6) is 0 Å². The fourth-order valence-electron chi connectivity index (χ4n) is 3.19. The second-order valence-corrected chi connectivity index (χ2v) is 8.08. The number of quaternary nitrogens is 1. The Morgan fingerprint density at radius 1 is 1.04 bits per heavy atom. The summed E-state index contributed by atoms with van der Waals surface area (Å²) in [5.74, 6) is 0.0101. The largest absolute Gasteiger partial charge is 0.378 e. The topological polar surface area (TPSA) is 40.9 Å². The van der Waals surface area contributed by atoms with Gasteiger partial charge in [-0.25, -0.2) is 4.98 Å². The molecule has 3 aromatic rings. The molecule has 28 heavy (non-hydrogen) atoms. The molecule has 3 rings (SSSR count). The van der Waals surface area contributed by atoms with Crippen LogP contribution in [0.4, 0.5) is 10.8 Å². The fourth-order valence-corrected chi connectivity index (χ4v) is 4.18. The van der Waals surface area contributed by atoms with Crippen LogP contribution in [-0.4, -0.2) is 51.2 Å². The van der Waals surface area contributed by atoms with Gasteiger partial charge in [0.05, 0.1) is 36.4 Å². The minimum absolute atomic E-state index is 0.0101. The molecule has 0 aliphatic carbocycles. The van der Waals surface area contributed by atoms with Crippen molar-refractivity contribution in [2.75, 3.05) is 50.1 Å². The van der Waals surface area contributed by atoms with Crippen molar-refractivity contribution in [3.05, 3.63) is 54.1 Å². The van der Waals surface area contributed by atoms with Gasteiger partial charge in [-0.3, -0.25) is 9.69 Å². The van der Waals surface area contributed by atoms with E-state index >= 15 is 0 Å². The maximum Gasteiger partial charge on any atom is 0.260 e. The van der Waals surface area contributed by atoms with E-state index in [1.807, 2.05) is 66.4 Å². The number of carbonyl (C=O) groups is 1. The van der Waals surface area contributed by atoms with Gasteiger partial charge in [0.15, 0.2) is 5.13 Å². The first-order valence-electron chi connectivity index (χ1n) is 9.81. The van der Waals surface area contributed by atoms with Crippen LogP contribution in [0.2, 0.25) is 0 Å². The van der Waals surface area contributed by atoms with Crippen LogP contribution >= 0.6 is 11.3 Å². The second-order valence-electron chi connectivity index (χ2n) is 7.07. The van der Waals surface area contributed by atoms with Gasteiger partial charge < -0.3 is 9.80 Å². The molecular weight excluding hydrogens is 368 g/mol. The molecule has 2 aromatic carbocycles. The molecule has 0 saturated heterocycles. The summed E-state index contributed by atoms with van der Waals surface area (Å²) in [5.41, 5.74) is 2.72. The molecular formula is C22H29N4OS+. The van der Waals surface area contributed by atoms with E-state index in [0.29, 0.717) is 12.1 Å². The van der Waals surface area contributed by atoms with Gasteiger partial charge >= 0.3 is 0 Å². The van der Waals surface area contributed by atoms with E-state index in [1.165, 1.54) is 4.90 Å². The first kappa shape index (κ1) is 20.3. The van der Waals surface area contributed by atoms with E-state index in [9.17, 15) is 4.79 Å². The highest BCUT2D eigenvalue weighted by Crippen LogP contribution is 2.29. The number of para-hydroxylation sites is 1. The zero-order valence-electron chi connectivity index (χ0n) is 17.1. The molecule has 1 N–H and O–H groups in total. The number of anilines is 2. The number of hydrogen-bond acceptors (Lipinski definition) is 4. The Morgan fingerprint density at radius 3 is 2.32 bits per heavy atom. The van der Waals surface area contributed by atoms with Crippen molar-refractivity contribution in [1.82, 2.24) is 4.98 Å². The third kappa shape index (κ3) is 4.51. The van der Waals surface area contributed by atoms with Crippen LogP contribution in [0.15, 0.2) is 48.5 Å². The average molecular weight is 398 g/mol. The lowest BCUT2D eigenvalue weighted by molar-refractivity contribution is -0.894. The smallest absolute Gasteiger partial charge is 0.260 e. The van der Waals surface area contributed by atoms with Gasteiger partial charge in [-0.2, -0.15) is 0 Å². The number of fused-ring (bicyclic) bond motifs is 1. The van der Waals surface area contributed by atoms with Gasteiger partial charge in [0.25, 0.3) is 5.91 Å². The van der Waals surface area contributed by atoms with Crippen LogP contribution in [0.3, 0.4) is 0 Å². The van der Waals surface area contributed by atoms with Crippen molar-refractivity contribution < 1.29 is 9.69 Å². The van der Waals surface area contributed by atoms with Crippen molar-refractivity contribution in [2.45, 2.75) is 13.8 Å². The molecule has 0 spiro atoms. The Labute approximate surface area is 171 Å². The predicted molar refractivity (Wildman–Crippen MR) is 119 cm³/mol. The van der Waals surface area contributed by atoms with Crippen molar-refractivity contribution in [3.63, 3.8) is 0 Å². The fraction of sp³-hybridized carbons (Fsp3) is 0.364. The van der Waals surface area contributed by atoms with E-state index in [0.717, 1.165) is 40.7 Å². The lowest BCUT2D eigenvalue weighted by atomic mass is 10.1. The number of nitrogens with zero attached hydrogens (tertiary/aromatic N) is 3. The number of nitrogens with one attached hydrogen (secondary N) is 1. The van der Waals surface area contributed by atoms with Crippen molar-refractivity contribution in [1.29, 1.82) is 0 Å². The molecule has 0 bridgehead atoms. The summed E-state index contributed by atoms with van der Waals surface area (Å²) in [5, 5.41) is 0.773. The molecule has 5 nitrogen and oxygen atoms in total. The zero-order valence-corrected chi connectivity index (χ0v) is 17.9. The first-order chi connectivity index (χ1) is 13.5.